The number of Topliss-reactive ketones (excluding diaryl/α,β-unsaturated/α-hetero) is 1. The van der Waals surface area contributed by atoms with Crippen molar-refractivity contribution < 1.29 is 47.3 Å². The normalized spacial score (nSPS) is 13.0. The fourth-order valence-corrected chi connectivity index (χ4v) is 5.47. The van der Waals surface area contributed by atoms with Crippen LogP contribution >= 0.6 is 0 Å². The number of aliphatic hydroxyl groups excluding tert-OH is 1. The highest BCUT2D eigenvalue weighted by Gasteiger charge is 2.38. The van der Waals surface area contributed by atoms with Gasteiger partial charge >= 0.3 is 11.9 Å². The molecule has 0 aliphatic heterocycles. The second-order valence-electron chi connectivity index (χ2n) is 15.4. The van der Waals surface area contributed by atoms with Crippen LogP contribution < -0.4 is 9.47 Å². The third-order valence-corrected chi connectivity index (χ3v) is 7.85. The summed E-state index contributed by atoms with van der Waals surface area (Å²) in [6.45, 7) is 18.8. The summed E-state index contributed by atoms with van der Waals surface area (Å²) in [4.78, 5) is 36.9. The molecule has 2 aromatic heterocycles. The smallest absolute Gasteiger partial charge is 0.374 e. The SMILES string of the molecule is COc1ccc2oc(C(=O)OCC(C)(C)C(=O)C(C)(C)C)cc2c1.COc1ccc2oc(C(=O)OCC(C)(C)C(O)C(C)(C)C)cc2c1. The number of fused-ring (bicyclic) bond motifs is 2. The Morgan fingerprint density at radius 1 is 0.667 bits per heavy atom. The summed E-state index contributed by atoms with van der Waals surface area (Å²) in [5.74, 6) is 0.533. The lowest BCUT2D eigenvalue weighted by Crippen LogP contribution is -2.43. The molecule has 10 heteroatoms. The maximum absolute atomic E-state index is 12.4. The molecule has 1 unspecified atom stereocenters. The van der Waals surface area contributed by atoms with E-state index in [1.807, 2.05) is 55.4 Å². The Hall–Kier alpha value is -4.31. The van der Waals surface area contributed by atoms with E-state index in [2.05, 4.69) is 0 Å². The first kappa shape index (κ1) is 38.1. The van der Waals surface area contributed by atoms with Gasteiger partial charge in [0, 0.05) is 21.6 Å². The van der Waals surface area contributed by atoms with Crippen molar-refractivity contribution in [3.8, 4) is 11.5 Å². The zero-order valence-corrected chi connectivity index (χ0v) is 30.2. The molecule has 0 amide bonds. The van der Waals surface area contributed by atoms with Gasteiger partial charge in [0.15, 0.2) is 0 Å². The summed E-state index contributed by atoms with van der Waals surface area (Å²) < 4.78 is 32.0. The summed E-state index contributed by atoms with van der Waals surface area (Å²) in [5.41, 5.74) is -0.950. The molecule has 0 radical (unpaired) electrons. The third kappa shape index (κ3) is 9.40. The van der Waals surface area contributed by atoms with Gasteiger partial charge in [-0.25, -0.2) is 9.59 Å². The number of ether oxygens (including phenoxy) is 4. The average Bonchev–Trinajstić information content (AvgIpc) is 3.65. The molecule has 0 bridgehead atoms. The Morgan fingerprint density at radius 2 is 1.08 bits per heavy atom. The minimum Gasteiger partial charge on any atom is -0.497 e. The lowest BCUT2D eigenvalue weighted by Gasteiger charge is -2.38. The van der Waals surface area contributed by atoms with E-state index in [1.165, 1.54) is 0 Å². The van der Waals surface area contributed by atoms with Crippen LogP contribution in [0.1, 0.15) is 90.3 Å². The Balaban J connectivity index is 0.000000260. The monoisotopic (exact) mass is 666 g/mol. The van der Waals surface area contributed by atoms with Gasteiger partial charge in [0.25, 0.3) is 0 Å². The van der Waals surface area contributed by atoms with Crippen LogP contribution in [0.25, 0.3) is 21.9 Å². The first-order valence-electron chi connectivity index (χ1n) is 15.8. The Bertz CT molecular complexity index is 1740. The van der Waals surface area contributed by atoms with E-state index in [-0.39, 0.29) is 35.9 Å². The number of carbonyl (C=O) groups excluding carboxylic acids is 3. The average molecular weight is 667 g/mol. The van der Waals surface area contributed by atoms with Crippen molar-refractivity contribution >= 4 is 39.7 Å². The first-order valence-corrected chi connectivity index (χ1v) is 15.8. The highest BCUT2D eigenvalue weighted by molar-refractivity contribution is 5.94. The van der Waals surface area contributed by atoms with Crippen molar-refractivity contribution in [2.24, 2.45) is 21.7 Å². The molecule has 0 spiro atoms. The van der Waals surface area contributed by atoms with Gasteiger partial charge in [-0.2, -0.15) is 0 Å². The van der Waals surface area contributed by atoms with E-state index < -0.39 is 34.3 Å². The Kier molecular flexibility index (Phi) is 11.5. The highest BCUT2D eigenvalue weighted by Crippen LogP contribution is 2.35. The molecule has 0 fully saturated rings. The van der Waals surface area contributed by atoms with Crippen molar-refractivity contribution in [2.45, 2.75) is 75.3 Å². The highest BCUT2D eigenvalue weighted by atomic mass is 16.6. The van der Waals surface area contributed by atoms with Crippen molar-refractivity contribution in [1.29, 1.82) is 0 Å². The van der Waals surface area contributed by atoms with E-state index >= 15 is 0 Å². The van der Waals surface area contributed by atoms with Crippen LogP contribution in [0.15, 0.2) is 57.4 Å². The summed E-state index contributed by atoms with van der Waals surface area (Å²) >= 11 is 0. The van der Waals surface area contributed by atoms with E-state index in [9.17, 15) is 19.5 Å². The van der Waals surface area contributed by atoms with E-state index in [0.717, 1.165) is 10.8 Å². The van der Waals surface area contributed by atoms with E-state index in [4.69, 9.17) is 27.8 Å². The molecule has 2 heterocycles. The Morgan fingerprint density at radius 3 is 1.46 bits per heavy atom. The second-order valence-corrected chi connectivity index (χ2v) is 15.4. The lowest BCUT2D eigenvalue weighted by molar-refractivity contribution is -0.137. The van der Waals surface area contributed by atoms with Crippen LogP contribution in [-0.2, 0) is 14.3 Å². The number of rotatable bonds is 10. The number of hydrogen-bond acceptors (Lipinski definition) is 10. The van der Waals surface area contributed by atoms with Gasteiger partial charge in [-0.15, -0.1) is 0 Å². The molecule has 4 rings (SSSR count). The van der Waals surface area contributed by atoms with Crippen LogP contribution in [-0.4, -0.2) is 56.4 Å². The fraction of sp³-hybridized carbons (Fsp3) is 0.500. The molecule has 1 atom stereocenters. The summed E-state index contributed by atoms with van der Waals surface area (Å²) in [6.07, 6.45) is -0.613. The number of methoxy groups -OCH3 is 2. The van der Waals surface area contributed by atoms with Gasteiger partial charge in [-0.05, 0) is 67.8 Å². The number of ketones is 1. The molecule has 4 aromatic rings. The van der Waals surface area contributed by atoms with E-state index in [0.29, 0.717) is 22.7 Å². The van der Waals surface area contributed by atoms with Gasteiger partial charge in [-0.3, -0.25) is 4.79 Å². The number of hydrogen-bond donors (Lipinski definition) is 1. The predicted molar refractivity (Wildman–Crippen MR) is 184 cm³/mol. The minimum absolute atomic E-state index is 0.00228. The number of aliphatic hydroxyl groups is 1. The molecule has 0 saturated carbocycles. The zero-order chi connectivity index (χ0) is 36.2. The van der Waals surface area contributed by atoms with Crippen molar-refractivity contribution in [3.63, 3.8) is 0 Å². The molecule has 0 saturated heterocycles. The molecular weight excluding hydrogens is 616 g/mol. The van der Waals surface area contributed by atoms with Crippen molar-refractivity contribution in [2.75, 3.05) is 27.4 Å². The van der Waals surface area contributed by atoms with Gasteiger partial charge in [0.2, 0.25) is 11.5 Å². The van der Waals surface area contributed by atoms with Gasteiger partial charge < -0.3 is 32.9 Å². The number of carbonyl (C=O) groups is 3. The molecule has 2 aromatic carbocycles. The van der Waals surface area contributed by atoms with Gasteiger partial charge in [0.1, 0.15) is 35.1 Å². The third-order valence-electron chi connectivity index (χ3n) is 7.85. The second kappa shape index (κ2) is 14.4. The van der Waals surface area contributed by atoms with Crippen LogP contribution in [0.3, 0.4) is 0 Å². The van der Waals surface area contributed by atoms with Crippen LogP contribution in [0.5, 0.6) is 11.5 Å². The first-order chi connectivity index (χ1) is 22.1. The Labute approximate surface area is 282 Å². The minimum atomic E-state index is -0.761. The summed E-state index contributed by atoms with van der Waals surface area (Å²) in [7, 11) is 3.16. The number of benzene rings is 2. The van der Waals surface area contributed by atoms with E-state index in [1.54, 1.807) is 76.6 Å². The quantitative estimate of drug-likeness (QED) is 0.165. The van der Waals surface area contributed by atoms with Gasteiger partial charge in [0.05, 0.1) is 32.3 Å². The molecular formula is C38H50O10. The molecule has 262 valence electrons. The standard InChI is InChI=1S/C19H26O5.C19H24O5/c2*1-18(2,3)17(21)19(4,5)11-23-16(20)15-10-12-9-13(22-6)7-8-14(12)24-15/h7-10,17,21H,11H2,1-6H3;7-10H,11H2,1-6H3. The molecule has 0 aliphatic rings. The molecule has 1 N–H and O–H groups in total. The maximum Gasteiger partial charge on any atom is 0.374 e. The lowest BCUT2D eigenvalue weighted by atomic mass is 9.73. The van der Waals surface area contributed by atoms with Crippen molar-refractivity contribution in [1.82, 2.24) is 0 Å². The molecule has 0 aliphatic carbocycles. The summed E-state index contributed by atoms with van der Waals surface area (Å²) in [6, 6.07) is 13.8. The van der Waals surface area contributed by atoms with Crippen LogP contribution in [0.4, 0.5) is 0 Å². The molecule has 10 nitrogen and oxygen atoms in total. The van der Waals surface area contributed by atoms with Gasteiger partial charge in [-0.1, -0.05) is 55.4 Å². The molecule has 48 heavy (non-hydrogen) atoms. The fourth-order valence-electron chi connectivity index (χ4n) is 5.47. The predicted octanol–water partition coefficient (Wildman–Crippen LogP) is 8.27. The van der Waals surface area contributed by atoms with Crippen LogP contribution in [0, 0.1) is 21.7 Å². The topological polar surface area (TPSA) is 135 Å². The maximum atomic E-state index is 12.4. The number of furan rings is 2. The zero-order valence-electron chi connectivity index (χ0n) is 30.2. The van der Waals surface area contributed by atoms with Crippen LogP contribution in [0.2, 0.25) is 0 Å². The number of esters is 2. The summed E-state index contributed by atoms with van der Waals surface area (Å²) in [5, 5.41) is 12.0. The van der Waals surface area contributed by atoms with Crippen molar-refractivity contribution in [3.05, 3.63) is 60.1 Å². The largest absolute Gasteiger partial charge is 0.497 e.